The largest absolute Gasteiger partial charge is 0.151 e. The fraction of sp³-hybridized carbons (Fsp3) is 0.211. The molecule has 0 saturated heterocycles. The third-order valence-electron chi connectivity index (χ3n) is 7.72. The first-order valence-corrected chi connectivity index (χ1v) is 21.0. The van der Waals surface area contributed by atoms with Crippen LogP contribution in [0.2, 0.25) is 32.5 Å². The minimum absolute atomic E-state index is 1.21. The standard InChI is InChI=1S/2C14H16Si.C10H14B/c2*1-15(2,13-9-5-3-6-10-13)14-11-7-4-8-12-14;1-2-3-9-11-10-7-5-4-6-8-10/h2*3-12H,1-2H3;4-8H,2-3,9H2,1H3. The molecule has 5 aromatic carbocycles. The van der Waals surface area contributed by atoms with Gasteiger partial charge in [-0.25, -0.2) is 0 Å². The van der Waals surface area contributed by atoms with Gasteiger partial charge in [0.2, 0.25) is 0 Å². The molecule has 0 aliphatic rings. The highest BCUT2D eigenvalue weighted by Gasteiger charge is 2.25. The van der Waals surface area contributed by atoms with Crippen LogP contribution in [-0.2, 0) is 0 Å². The van der Waals surface area contributed by atoms with Crippen LogP contribution in [-0.4, -0.2) is 23.4 Å². The minimum atomic E-state index is -1.46. The SMILES string of the molecule is CCCC[B]c1ccccc1.C[Si](C)(c1ccccc1)c1ccccc1.C[Si](C)(c1ccccc1)c1ccccc1. The van der Waals surface area contributed by atoms with Gasteiger partial charge in [0.05, 0.1) is 0 Å². The summed E-state index contributed by atoms with van der Waals surface area (Å²) in [6.07, 6.45) is 3.79. The van der Waals surface area contributed by atoms with E-state index in [9.17, 15) is 0 Å². The van der Waals surface area contributed by atoms with Crippen LogP contribution in [0.25, 0.3) is 0 Å². The zero-order valence-electron chi connectivity index (χ0n) is 25.6. The van der Waals surface area contributed by atoms with Crippen molar-refractivity contribution in [3.8, 4) is 0 Å². The van der Waals surface area contributed by atoms with Crippen molar-refractivity contribution in [2.75, 3.05) is 0 Å². The van der Waals surface area contributed by atoms with Crippen molar-refractivity contribution in [3.63, 3.8) is 0 Å². The lowest BCUT2D eigenvalue weighted by atomic mass is 9.66. The van der Waals surface area contributed by atoms with Gasteiger partial charge in [0, 0.05) is 0 Å². The fourth-order valence-electron chi connectivity index (χ4n) is 4.81. The van der Waals surface area contributed by atoms with Gasteiger partial charge in [0.25, 0.3) is 0 Å². The van der Waals surface area contributed by atoms with E-state index in [-0.39, 0.29) is 0 Å². The number of benzene rings is 5. The van der Waals surface area contributed by atoms with Crippen LogP contribution >= 0.6 is 0 Å². The van der Waals surface area contributed by atoms with Gasteiger partial charge >= 0.3 is 0 Å². The first-order chi connectivity index (χ1) is 19.9. The molecule has 0 heterocycles. The van der Waals surface area contributed by atoms with Gasteiger partial charge in [-0.2, -0.15) is 0 Å². The number of rotatable bonds is 8. The van der Waals surface area contributed by atoms with Crippen molar-refractivity contribution >= 4 is 49.6 Å². The first-order valence-electron chi connectivity index (χ1n) is 15.0. The second-order valence-electron chi connectivity index (χ2n) is 11.5. The molecule has 0 aliphatic heterocycles. The summed E-state index contributed by atoms with van der Waals surface area (Å²) in [5, 5.41) is 5.99. The summed E-state index contributed by atoms with van der Waals surface area (Å²) in [5.74, 6) is 0. The second-order valence-corrected chi connectivity index (χ2v) is 20.3. The molecule has 0 unspecified atom stereocenters. The Morgan fingerprint density at radius 3 is 0.951 bits per heavy atom. The summed E-state index contributed by atoms with van der Waals surface area (Å²) in [6.45, 7) is 11.8. The van der Waals surface area contributed by atoms with Gasteiger partial charge in [-0.15, -0.1) is 0 Å². The molecular formula is C38H46BSi2. The van der Waals surface area contributed by atoms with E-state index in [2.05, 4.69) is 192 Å². The fourth-order valence-corrected chi connectivity index (χ4v) is 9.58. The van der Waals surface area contributed by atoms with Crippen LogP contribution in [0.15, 0.2) is 152 Å². The Kier molecular flexibility index (Phi) is 13.1. The van der Waals surface area contributed by atoms with Crippen LogP contribution in [0.1, 0.15) is 19.8 Å². The highest BCUT2D eigenvalue weighted by Crippen LogP contribution is 2.05. The molecule has 5 rings (SSSR count). The quantitative estimate of drug-likeness (QED) is 0.136. The van der Waals surface area contributed by atoms with Gasteiger partial charge in [0.1, 0.15) is 16.1 Å². The van der Waals surface area contributed by atoms with Gasteiger partial charge in [-0.3, -0.25) is 0 Å². The molecule has 0 nitrogen and oxygen atoms in total. The van der Waals surface area contributed by atoms with Crippen molar-refractivity contribution in [2.24, 2.45) is 0 Å². The predicted molar refractivity (Wildman–Crippen MR) is 191 cm³/mol. The van der Waals surface area contributed by atoms with Crippen molar-refractivity contribution in [3.05, 3.63) is 152 Å². The van der Waals surface area contributed by atoms with E-state index in [4.69, 9.17) is 0 Å². The summed E-state index contributed by atoms with van der Waals surface area (Å²) in [4.78, 5) is 0. The first kappa shape index (κ1) is 32.1. The zero-order valence-corrected chi connectivity index (χ0v) is 27.6. The van der Waals surface area contributed by atoms with E-state index in [0.717, 1.165) is 0 Å². The lowest BCUT2D eigenvalue weighted by Gasteiger charge is -2.23. The Bertz CT molecular complexity index is 1180. The molecule has 0 fully saturated rings. The van der Waals surface area contributed by atoms with E-state index < -0.39 is 16.1 Å². The van der Waals surface area contributed by atoms with E-state index >= 15 is 0 Å². The molecule has 0 spiro atoms. The minimum Gasteiger partial charge on any atom is -0.0878 e. The molecule has 0 amide bonds. The zero-order chi connectivity index (χ0) is 29.4. The average molecular weight is 570 g/mol. The third-order valence-corrected chi connectivity index (χ3v) is 14.8. The van der Waals surface area contributed by atoms with Crippen LogP contribution in [0.5, 0.6) is 0 Å². The number of hydrogen-bond donors (Lipinski definition) is 0. The topological polar surface area (TPSA) is 0 Å². The van der Waals surface area contributed by atoms with E-state index in [1.165, 1.54) is 45.4 Å². The molecule has 3 heteroatoms. The molecule has 0 aromatic heterocycles. The summed E-state index contributed by atoms with van der Waals surface area (Å²) in [6, 6.07) is 53.9. The van der Waals surface area contributed by atoms with E-state index in [1.54, 1.807) is 0 Å². The maximum Gasteiger partial charge on any atom is 0.151 e. The lowest BCUT2D eigenvalue weighted by Crippen LogP contribution is -2.52. The van der Waals surface area contributed by atoms with Crippen LogP contribution < -0.4 is 26.2 Å². The Balaban J connectivity index is 0.000000172. The normalized spacial score (nSPS) is 10.9. The van der Waals surface area contributed by atoms with E-state index in [0.29, 0.717) is 0 Å². The molecule has 0 atom stereocenters. The van der Waals surface area contributed by atoms with Gasteiger partial charge in [-0.1, -0.05) is 230 Å². The molecule has 0 N–H and O–H groups in total. The molecule has 0 saturated carbocycles. The lowest BCUT2D eigenvalue weighted by molar-refractivity contribution is 0.881. The summed E-state index contributed by atoms with van der Waals surface area (Å²) >= 11 is 0. The Morgan fingerprint density at radius 1 is 0.415 bits per heavy atom. The molecule has 1 radical (unpaired) electrons. The van der Waals surface area contributed by atoms with Crippen molar-refractivity contribution in [1.82, 2.24) is 0 Å². The average Bonchev–Trinajstić information content (AvgIpc) is 3.04. The molecular weight excluding hydrogens is 523 g/mol. The highest BCUT2D eigenvalue weighted by atomic mass is 28.3. The Labute approximate surface area is 252 Å². The Hall–Kier alpha value is -3.40. The third kappa shape index (κ3) is 10.2. The molecule has 0 bridgehead atoms. The summed E-state index contributed by atoms with van der Waals surface area (Å²) < 4.78 is 0. The molecule has 209 valence electrons. The Morgan fingerprint density at radius 2 is 0.683 bits per heavy atom. The molecule has 5 aromatic rings. The van der Waals surface area contributed by atoms with Crippen molar-refractivity contribution in [2.45, 2.75) is 52.3 Å². The van der Waals surface area contributed by atoms with Crippen molar-refractivity contribution < 1.29 is 0 Å². The van der Waals surface area contributed by atoms with Gasteiger partial charge in [-0.05, 0) is 0 Å². The monoisotopic (exact) mass is 569 g/mol. The van der Waals surface area contributed by atoms with Gasteiger partial charge in [0.15, 0.2) is 7.28 Å². The number of unbranched alkanes of at least 4 members (excludes halogenated alkanes) is 1. The van der Waals surface area contributed by atoms with E-state index in [1.807, 2.05) is 0 Å². The molecule has 0 aliphatic carbocycles. The highest BCUT2D eigenvalue weighted by molar-refractivity contribution is 7.00. The number of hydrogen-bond acceptors (Lipinski definition) is 0. The van der Waals surface area contributed by atoms with Crippen LogP contribution in [0.4, 0.5) is 0 Å². The summed E-state index contributed by atoms with van der Waals surface area (Å²) in [7, 11) is -0.616. The predicted octanol–water partition coefficient (Wildman–Crippen LogP) is 7.25. The second kappa shape index (κ2) is 16.8. The van der Waals surface area contributed by atoms with Crippen LogP contribution in [0, 0.1) is 0 Å². The smallest absolute Gasteiger partial charge is 0.0878 e. The van der Waals surface area contributed by atoms with Crippen molar-refractivity contribution in [1.29, 1.82) is 0 Å². The molecule has 41 heavy (non-hydrogen) atoms. The van der Waals surface area contributed by atoms with Gasteiger partial charge < -0.3 is 0 Å². The summed E-state index contributed by atoms with van der Waals surface area (Å²) in [5.41, 5.74) is 1.35. The van der Waals surface area contributed by atoms with Crippen LogP contribution in [0.3, 0.4) is 0 Å². The maximum atomic E-state index is 2.40. The maximum absolute atomic E-state index is 2.40.